The summed E-state index contributed by atoms with van der Waals surface area (Å²) in [5.41, 5.74) is 2.85. The van der Waals surface area contributed by atoms with Gasteiger partial charge in [-0.2, -0.15) is 0 Å². The third kappa shape index (κ3) is 2.32. The van der Waals surface area contributed by atoms with Crippen LogP contribution in [0.4, 0.5) is 0 Å². The molecule has 1 aliphatic heterocycles. The maximum absolute atomic E-state index is 11.4. The first kappa shape index (κ1) is 11.1. The lowest BCUT2D eigenvalue weighted by Crippen LogP contribution is -2.06. The second-order valence-corrected chi connectivity index (χ2v) is 5.93. The average molecular weight is 244 g/mol. The van der Waals surface area contributed by atoms with Crippen LogP contribution in [0.25, 0.3) is 0 Å². The van der Waals surface area contributed by atoms with Crippen molar-refractivity contribution in [2.75, 3.05) is 5.75 Å². The predicted molar refractivity (Wildman–Crippen MR) is 71.5 cm³/mol. The van der Waals surface area contributed by atoms with E-state index >= 15 is 0 Å². The van der Waals surface area contributed by atoms with E-state index in [9.17, 15) is 4.79 Å². The molecule has 0 amide bonds. The third-order valence-corrected chi connectivity index (χ3v) is 4.85. The van der Waals surface area contributed by atoms with Crippen LogP contribution in [0.5, 0.6) is 0 Å². The fraction of sp³-hybridized carbons (Fsp3) is 0.400. The average Bonchev–Trinajstić information content (AvgIpc) is 2.73. The second-order valence-electron chi connectivity index (χ2n) is 4.87. The summed E-state index contributed by atoms with van der Waals surface area (Å²) in [7, 11) is 0. The van der Waals surface area contributed by atoms with Gasteiger partial charge < -0.3 is 0 Å². The molecule has 0 radical (unpaired) electrons. The van der Waals surface area contributed by atoms with Gasteiger partial charge in [-0.15, -0.1) is 11.8 Å². The van der Waals surface area contributed by atoms with Crippen molar-refractivity contribution in [3.63, 3.8) is 0 Å². The van der Waals surface area contributed by atoms with Crippen LogP contribution in [0.1, 0.15) is 37.2 Å². The molecule has 3 rings (SSSR count). The molecule has 1 nitrogen and oxygen atoms in total. The van der Waals surface area contributed by atoms with Gasteiger partial charge in [-0.05, 0) is 42.9 Å². The van der Waals surface area contributed by atoms with Crippen molar-refractivity contribution in [1.82, 2.24) is 0 Å². The van der Waals surface area contributed by atoms with E-state index < -0.39 is 0 Å². The number of fused-ring (bicyclic) bond motifs is 1. The van der Waals surface area contributed by atoms with E-state index in [2.05, 4.69) is 24.3 Å². The maximum Gasteiger partial charge on any atom is 0.155 e. The fourth-order valence-electron chi connectivity index (χ4n) is 2.74. The van der Waals surface area contributed by atoms with Crippen LogP contribution in [0.15, 0.2) is 40.8 Å². The van der Waals surface area contributed by atoms with Crippen molar-refractivity contribution in [2.45, 2.75) is 36.5 Å². The summed E-state index contributed by atoms with van der Waals surface area (Å²) in [6, 6.07) is 8.68. The number of carbonyl (C=O) groups excluding carboxylic acids is 1. The van der Waals surface area contributed by atoms with Crippen molar-refractivity contribution >= 4 is 17.5 Å². The molecule has 1 aromatic carbocycles. The number of benzene rings is 1. The molecular formula is C15H16OS. The molecule has 1 aromatic rings. The predicted octanol–water partition coefficient (Wildman–Crippen LogP) is 3.95. The van der Waals surface area contributed by atoms with Crippen molar-refractivity contribution in [3.8, 4) is 0 Å². The minimum Gasteiger partial charge on any atom is -0.295 e. The zero-order valence-corrected chi connectivity index (χ0v) is 10.6. The van der Waals surface area contributed by atoms with Crippen LogP contribution >= 0.6 is 11.8 Å². The Morgan fingerprint density at radius 1 is 1.24 bits per heavy atom. The van der Waals surface area contributed by atoms with E-state index in [1.54, 1.807) is 0 Å². The molecule has 1 unspecified atom stereocenters. The van der Waals surface area contributed by atoms with E-state index in [-0.39, 0.29) is 0 Å². The molecule has 2 aliphatic rings. The van der Waals surface area contributed by atoms with E-state index in [1.807, 2.05) is 17.8 Å². The summed E-state index contributed by atoms with van der Waals surface area (Å²) < 4.78 is 0. The first-order chi connectivity index (χ1) is 8.33. The molecule has 0 bridgehead atoms. The molecule has 1 atom stereocenters. The number of carbonyl (C=O) groups is 1. The summed E-state index contributed by atoms with van der Waals surface area (Å²) in [6.45, 7) is 0. The number of thioether (sulfide) groups is 1. The number of ketones is 1. The molecule has 88 valence electrons. The van der Waals surface area contributed by atoms with Crippen molar-refractivity contribution in [3.05, 3.63) is 41.5 Å². The fourth-order valence-corrected chi connectivity index (χ4v) is 3.99. The number of rotatable bonds is 2. The maximum atomic E-state index is 11.4. The van der Waals surface area contributed by atoms with Crippen LogP contribution in [0, 0.1) is 0 Å². The topological polar surface area (TPSA) is 17.1 Å². The SMILES string of the molecule is O=C1C=C(CC2CSc3ccccc32)CCC1. The highest BCUT2D eigenvalue weighted by molar-refractivity contribution is 7.99. The largest absolute Gasteiger partial charge is 0.295 e. The molecule has 1 heterocycles. The van der Waals surface area contributed by atoms with Crippen molar-refractivity contribution < 1.29 is 4.79 Å². The van der Waals surface area contributed by atoms with Gasteiger partial charge in [0.1, 0.15) is 0 Å². The Labute approximate surface area is 106 Å². The molecule has 17 heavy (non-hydrogen) atoms. The Kier molecular flexibility index (Phi) is 3.06. The van der Waals surface area contributed by atoms with Gasteiger partial charge in [0.25, 0.3) is 0 Å². The van der Waals surface area contributed by atoms with Gasteiger partial charge in [-0.3, -0.25) is 4.79 Å². The third-order valence-electron chi connectivity index (χ3n) is 3.59. The number of allylic oxidation sites excluding steroid dienone is 2. The van der Waals surface area contributed by atoms with Crippen LogP contribution in [-0.2, 0) is 4.79 Å². The second kappa shape index (κ2) is 4.69. The molecule has 1 aliphatic carbocycles. The highest BCUT2D eigenvalue weighted by atomic mass is 32.2. The van der Waals surface area contributed by atoms with Gasteiger partial charge in [0.15, 0.2) is 5.78 Å². The number of hydrogen-bond donors (Lipinski definition) is 0. The molecule has 0 N–H and O–H groups in total. The molecule has 2 heteroatoms. The van der Waals surface area contributed by atoms with Gasteiger partial charge in [-0.25, -0.2) is 0 Å². The molecular weight excluding hydrogens is 228 g/mol. The van der Waals surface area contributed by atoms with Crippen LogP contribution < -0.4 is 0 Å². The lowest BCUT2D eigenvalue weighted by molar-refractivity contribution is -0.115. The standard InChI is InChI=1S/C15H16OS/c16-13-5-3-4-11(9-13)8-12-10-17-15-7-2-1-6-14(12)15/h1-2,6-7,9,12H,3-5,8,10H2. The lowest BCUT2D eigenvalue weighted by atomic mass is 9.88. The van der Waals surface area contributed by atoms with Crippen LogP contribution in [0.2, 0.25) is 0 Å². The smallest absolute Gasteiger partial charge is 0.155 e. The summed E-state index contributed by atoms with van der Waals surface area (Å²) in [5, 5.41) is 0. The van der Waals surface area contributed by atoms with E-state index in [1.165, 1.54) is 21.8 Å². The van der Waals surface area contributed by atoms with Gasteiger partial charge in [-0.1, -0.05) is 23.8 Å². The Morgan fingerprint density at radius 2 is 2.12 bits per heavy atom. The highest BCUT2D eigenvalue weighted by Crippen LogP contribution is 2.43. The Bertz CT molecular complexity index is 476. The Hall–Kier alpha value is -1.02. The Balaban J connectivity index is 1.77. The highest BCUT2D eigenvalue weighted by Gasteiger charge is 2.24. The summed E-state index contributed by atoms with van der Waals surface area (Å²) in [4.78, 5) is 12.8. The molecule has 0 fully saturated rings. The number of hydrogen-bond acceptors (Lipinski definition) is 2. The van der Waals surface area contributed by atoms with Crippen LogP contribution in [0.3, 0.4) is 0 Å². The van der Waals surface area contributed by atoms with Crippen molar-refractivity contribution in [2.24, 2.45) is 0 Å². The van der Waals surface area contributed by atoms with Gasteiger partial charge in [0, 0.05) is 17.1 Å². The minimum absolute atomic E-state index is 0.324. The molecule has 0 spiro atoms. The van der Waals surface area contributed by atoms with Gasteiger partial charge in [0.2, 0.25) is 0 Å². The molecule has 0 saturated heterocycles. The van der Waals surface area contributed by atoms with Gasteiger partial charge >= 0.3 is 0 Å². The zero-order chi connectivity index (χ0) is 11.7. The summed E-state index contributed by atoms with van der Waals surface area (Å²) >= 11 is 1.95. The first-order valence-corrected chi connectivity index (χ1v) is 7.25. The summed E-state index contributed by atoms with van der Waals surface area (Å²) in [6.07, 6.45) is 5.89. The lowest BCUT2D eigenvalue weighted by Gasteiger charge is -2.16. The molecule has 0 saturated carbocycles. The van der Waals surface area contributed by atoms with Crippen LogP contribution in [-0.4, -0.2) is 11.5 Å². The van der Waals surface area contributed by atoms with E-state index in [4.69, 9.17) is 0 Å². The minimum atomic E-state index is 0.324. The zero-order valence-electron chi connectivity index (χ0n) is 9.82. The Morgan fingerprint density at radius 3 is 3.00 bits per heavy atom. The first-order valence-electron chi connectivity index (χ1n) is 6.27. The van der Waals surface area contributed by atoms with Gasteiger partial charge in [0.05, 0.1) is 0 Å². The monoisotopic (exact) mass is 244 g/mol. The van der Waals surface area contributed by atoms with Crippen molar-refractivity contribution in [1.29, 1.82) is 0 Å². The van der Waals surface area contributed by atoms with E-state index in [0.29, 0.717) is 11.7 Å². The molecule has 0 aromatic heterocycles. The van der Waals surface area contributed by atoms with E-state index in [0.717, 1.165) is 25.7 Å². The summed E-state index contributed by atoms with van der Waals surface area (Å²) in [5.74, 6) is 2.11. The normalized spacial score (nSPS) is 23.4. The quantitative estimate of drug-likeness (QED) is 0.783.